The molecule has 84 valence electrons. The van der Waals surface area contributed by atoms with Gasteiger partial charge in [0.25, 0.3) is 0 Å². The van der Waals surface area contributed by atoms with Crippen LogP contribution in [0.2, 0.25) is 0 Å². The minimum Gasteiger partial charge on any atom is -0.382 e. The van der Waals surface area contributed by atoms with Gasteiger partial charge in [0.1, 0.15) is 5.82 Å². The van der Waals surface area contributed by atoms with Gasteiger partial charge in [-0.3, -0.25) is 0 Å². The first-order valence-electron chi connectivity index (χ1n) is 5.28. The zero-order valence-electron chi connectivity index (χ0n) is 9.73. The number of anilines is 1. The van der Waals surface area contributed by atoms with Crippen LogP contribution in [0.3, 0.4) is 0 Å². The molecular formula is C11H15N5. The second kappa shape index (κ2) is 3.92. The lowest BCUT2D eigenvalue weighted by molar-refractivity contribution is 0.782. The van der Waals surface area contributed by atoms with Gasteiger partial charge in [0, 0.05) is 5.69 Å². The molecule has 2 aromatic rings. The summed E-state index contributed by atoms with van der Waals surface area (Å²) in [5.74, 6) is 1.12. The predicted molar refractivity (Wildman–Crippen MR) is 62.4 cm³/mol. The van der Waals surface area contributed by atoms with Crippen molar-refractivity contribution >= 4 is 5.82 Å². The molecule has 0 amide bonds. The number of hydrogen-bond donors (Lipinski definition) is 1. The molecule has 0 bridgehead atoms. The second-order valence-electron chi connectivity index (χ2n) is 3.73. The lowest BCUT2D eigenvalue weighted by Crippen LogP contribution is -2.04. The van der Waals surface area contributed by atoms with E-state index >= 15 is 0 Å². The Hall–Kier alpha value is -1.91. The number of aryl methyl sites for hydroxylation is 1. The lowest BCUT2D eigenvalue weighted by Gasteiger charge is -2.02. The summed E-state index contributed by atoms with van der Waals surface area (Å²) in [5, 5.41) is 12.3. The Balaban J connectivity index is 2.52. The Morgan fingerprint density at radius 1 is 1.25 bits per heavy atom. The summed E-state index contributed by atoms with van der Waals surface area (Å²) in [4.78, 5) is 0. The van der Waals surface area contributed by atoms with Crippen LogP contribution in [0.4, 0.5) is 5.82 Å². The molecule has 0 fully saturated rings. The second-order valence-corrected chi connectivity index (χ2v) is 3.73. The largest absolute Gasteiger partial charge is 0.382 e. The summed E-state index contributed by atoms with van der Waals surface area (Å²) in [6.07, 6.45) is 0.972. The van der Waals surface area contributed by atoms with Crippen molar-refractivity contribution in [3.63, 3.8) is 0 Å². The maximum absolute atomic E-state index is 5.50. The molecule has 0 aliphatic rings. The number of nitrogens with two attached hydrogens (primary N) is 1. The number of nitrogen functional groups attached to an aromatic ring is 1. The van der Waals surface area contributed by atoms with E-state index < -0.39 is 0 Å². The molecule has 0 aliphatic carbocycles. The fourth-order valence-electron chi connectivity index (χ4n) is 1.86. The molecule has 5 heteroatoms. The van der Waals surface area contributed by atoms with Crippen molar-refractivity contribution in [3.8, 4) is 5.82 Å². The van der Waals surface area contributed by atoms with E-state index in [4.69, 9.17) is 5.73 Å². The van der Waals surface area contributed by atoms with Crippen LogP contribution in [0.15, 0.2) is 12.1 Å². The summed E-state index contributed by atoms with van der Waals surface area (Å²) in [6, 6.07) is 3.55. The molecule has 16 heavy (non-hydrogen) atoms. The van der Waals surface area contributed by atoms with Gasteiger partial charge in [0.2, 0.25) is 0 Å². The molecule has 2 N–H and O–H groups in total. The third-order valence-electron chi connectivity index (χ3n) is 2.68. The summed E-state index contributed by atoms with van der Waals surface area (Å²) in [5.41, 5.74) is 8.91. The Morgan fingerprint density at radius 2 is 2.00 bits per heavy atom. The molecule has 0 unspecified atom stereocenters. The van der Waals surface area contributed by atoms with Crippen molar-refractivity contribution in [2.24, 2.45) is 0 Å². The van der Waals surface area contributed by atoms with Gasteiger partial charge in [-0.1, -0.05) is 6.92 Å². The van der Waals surface area contributed by atoms with Crippen molar-refractivity contribution in [3.05, 3.63) is 29.1 Å². The Bertz CT molecular complexity index is 498. The van der Waals surface area contributed by atoms with Gasteiger partial charge in [-0.25, -0.2) is 4.68 Å². The van der Waals surface area contributed by atoms with Crippen LogP contribution in [-0.2, 0) is 6.42 Å². The fraction of sp³-hybridized carbons (Fsp3) is 0.364. The van der Waals surface area contributed by atoms with Crippen LogP contribution >= 0.6 is 0 Å². The quantitative estimate of drug-likeness (QED) is 0.826. The maximum Gasteiger partial charge on any atom is 0.176 e. The number of nitrogens with zero attached hydrogens (tertiary/aromatic N) is 4. The highest BCUT2D eigenvalue weighted by molar-refractivity contribution is 5.35. The van der Waals surface area contributed by atoms with E-state index in [0.717, 1.165) is 17.8 Å². The zero-order valence-corrected chi connectivity index (χ0v) is 9.73. The van der Waals surface area contributed by atoms with E-state index in [2.05, 4.69) is 22.2 Å². The summed E-state index contributed by atoms with van der Waals surface area (Å²) < 4.78 is 1.81. The van der Waals surface area contributed by atoms with E-state index in [9.17, 15) is 0 Å². The van der Waals surface area contributed by atoms with Crippen LogP contribution < -0.4 is 5.73 Å². The summed E-state index contributed by atoms with van der Waals surface area (Å²) >= 11 is 0. The predicted octanol–water partition coefficient (Wildman–Crippen LogP) is 1.42. The van der Waals surface area contributed by atoms with E-state index in [1.54, 1.807) is 10.7 Å². The molecule has 2 rings (SSSR count). The van der Waals surface area contributed by atoms with Crippen LogP contribution in [0, 0.1) is 13.8 Å². The number of aromatic nitrogens is 4. The van der Waals surface area contributed by atoms with Crippen molar-refractivity contribution in [2.45, 2.75) is 27.2 Å². The molecule has 2 heterocycles. The molecular weight excluding hydrogens is 202 g/mol. The van der Waals surface area contributed by atoms with Crippen molar-refractivity contribution in [2.75, 3.05) is 5.73 Å². The molecule has 0 spiro atoms. The smallest absolute Gasteiger partial charge is 0.176 e. The summed E-state index contributed by atoms with van der Waals surface area (Å²) in [6.45, 7) is 6.17. The van der Waals surface area contributed by atoms with Gasteiger partial charge in [-0.2, -0.15) is 5.10 Å². The molecule has 0 saturated heterocycles. The molecule has 0 aliphatic heterocycles. The van der Waals surface area contributed by atoms with Gasteiger partial charge in [0.05, 0.1) is 5.69 Å². The third-order valence-corrected chi connectivity index (χ3v) is 2.68. The van der Waals surface area contributed by atoms with Crippen molar-refractivity contribution < 1.29 is 0 Å². The maximum atomic E-state index is 5.50. The van der Waals surface area contributed by atoms with E-state index in [1.165, 1.54) is 5.56 Å². The monoisotopic (exact) mass is 217 g/mol. The molecule has 0 aromatic carbocycles. The average Bonchev–Trinajstić information content (AvgIpc) is 2.55. The lowest BCUT2D eigenvalue weighted by atomic mass is 10.1. The van der Waals surface area contributed by atoms with E-state index in [-0.39, 0.29) is 0 Å². The van der Waals surface area contributed by atoms with Crippen LogP contribution in [-0.4, -0.2) is 20.0 Å². The first-order valence-corrected chi connectivity index (χ1v) is 5.28. The minimum absolute atomic E-state index is 0.418. The zero-order chi connectivity index (χ0) is 11.7. The number of rotatable bonds is 2. The summed E-state index contributed by atoms with van der Waals surface area (Å²) in [7, 11) is 0. The molecule has 5 nitrogen and oxygen atoms in total. The van der Waals surface area contributed by atoms with Crippen molar-refractivity contribution in [1.29, 1.82) is 0 Å². The van der Waals surface area contributed by atoms with Gasteiger partial charge in [-0.05, 0) is 38.0 Å². The number of hydrogen-bond acceptors (Lipinski definition) is 4. The standard InChI is InChI=1S/C11H15N5/c1-4-9-7(2)15-16(8(9)3)11-6-5-10(12)13-14-11/h5-6H,4H2,1-3H3,(H2,12,13). The highest BCUT2D eigenvalue weighted by Gasteiger charge is 2.11. The average molecular weight is 217 g/mol. The van der Waals surface area contributed by atoms with Gasteiger partial charge in [-0.15, -0.1) is 10.2 Å². The highest BCUT2D eigenvalue weighted by Crippen LogP contribution is 2.16. The van der Waals surface area contributed by atoms with Gasteiger partial charge >= 0.3 is 0 Å². The fourth-order valence-corrected chi connectivity index (χ4v) is 1.86. The molecule has 0 atom stereocenters. The normalized spacial score (nSPS) is 10.7. The molecule has 0 radical (unpaired) electrons. The van der Waals surface area contributed by atoms with Gasteiger partial charge in [0.15, 0.2) is 5.82 Å². The Morgan fingerprint density at radius 3 is 2.50 bits per heavy atom. The van der Waals surface area contributed by atoms with Crippen LogP contribution in [0.1, 0.15) is 23.9 Å². The van der Waals surface area contributed by atoms with E-state index in [0.29, 0.717) is 11.6 Å². The Labute approximate surface area is 94.3 Å². The minimum atomic E-state index is 0.418. The molecule has 2 aromatic heterocycles. The molecule has 0 saturated carbocycles. The van der Waals surface area contributed by atoms with Gasteiger partial charge < -0.3 is 5.73 Å². The van der Waals surface area contributed by atoms with Crippen LogP contribution in [0.25, 0.3) is 5.82 Å². The third kappa shape index (κ3) is 1.64. The highest BCUT2D eigenvalue weighted by atomic mass is 15.4. The van der Waals surface area contributed by atoms with Crippen molar-refractivity contribution in [1.82, 2.24) is 20.0 Å². The first kappa shape index (κ1) is 10.6. The SMILES string of the molecule is CCc1c(C)nn(-c2ccc(N)nn2)c1C. The van der Waals surface area contributed by atoms with Crippen LogP contribution in [0.5, 0.6) is 0 Å². The van der Waals surface area contributed by atoms with E-state index in [1.807, 2.05) is 19.9 Å². The first-order chi connectivity index (χ1) is 7.63. The topological polar surface area (TPSA) is 69.6 Å². The Kier molecular flexibility index (Phi) is 2.60.